The Morgan fingerprint density at radius 1 is 1.26 bits per heavy atom. The van der Waals surface area contributed by atoms with Gasteiger partial charge in [0.15, 0.2) is 0 Å². The standard InChI is InChI=1S/C15H18N2O2/c1-2-17-14(18)8-13(15(17)19)16-9-11-7-10-5-3-4-6-12(10)11/h3-6,11,13,16H,2,7-9H2,1H3. The largest absolute Gasteiger partial charge is 0.305 e. The molecule has 1 fully saturated rings. The quantitative estimate of drug-likeness (QED) is 0.822. The molecule has 0 bridgehead atoms. The normalized spacial score (nSPS) is 25.4. The maximum Gasteiger partial charge on any atom is 0.246 e. The summed E-state index contributed by atoms with van der Waals surface area (Å²) < 4.78 is 0. The van der Waals surface area contributed by atoms with Crippen LogP contribution in [0.5, 0.6) is 0 Å². The van der Waals surface area contributed by atoms with Gasteiger partial charge in [-0.1, -0.05) is 24.3 Å². The molecule has 2 aliphatic rings. The van der Waals surface area contributed by atoms with Gasteiger partial charge in [-0.15, -0.1) is 0 Å². The zero-order chi connectivity index (χ0) is 13.4. The lowest BCUT2D eigenvalue weighted by molar-refractivity contribution is -0.138. The number of likely N-dealkylation sites (N-methyl/N-ethyl adjacent to an activating group) is 1. The molecule has 0 spiro atoms. The van der Waals surface area contributed by atoms with Crippen molar-refractivity contribution < 1.29 is 9.59 Å². The van der Waals surface area contributed by atoms with E-state index in [4.69, 9.17) is 0 Å². The van der Waals surface area contributed by atoms with E-state index < -0.39 is 0 Å². The van der Waals surface area contributed by atoms with Crippen molar-refractivity contribution in [2.75, 3.05) is 13.1 Å². The molecule has 1 aromatic carbocycles. The van der Waals surface area contributed by atoms with E-state index in [1.54, 1.807) is 0 Å². The first-order chi connectivity index (χ1) is 9.20. The Labute approximate surface area is 112 Å². The Morgan fingerprint density at radius 3 is 2.74 bits per heavy atom. The van der Waals surface area contributed by atoms with E-state index in [2.05, 4.69) is 23.5 Å². The molecule has 2 amide bonds. The van der Waals surface area contributed by atoms with E-state index >= 15 is 0 Å². The first-order valence-corrected chi connectivity index (χ1v) is 6.86. The molecular weight excluding hydrogens is 240 g/mol. The highest BCUT2D eigenvalue weighted by Gasteiger charge is 2.38. The summed E-state index contributed by atoms with van der Waals surface area (Å²) in [6.07, 6.45) is 1.37. The van der Waals surface area contributed by atoms with Crippen molar-refractivity contribution in [2.24, 2.45) is 0 Å². The minimum absolute atomic E-state index is 0.0565. The fourth-order valence-corrected chi connectivity index (χ4v) is 3.00. The highest BCUT2D eigenvalue weighted by molar-refractivity contribution is 6.05. The summed E-state index contributed by atoms with van der Waals surface area (Å²) in [7, 11) is 0. The van der Waals surface area contributed by atoms with Crippen LogP contribution in [-0.4, -0.2) is 35.8 Å². The van der Waals surface area contributed by atoms with E-state index in [-0.39, 0.29) is 17.9 Å². The highest BCUT2D eigenvalue weighted by Crippen LogP contribution is 2.34. The zero-order valence-corrected chi connectivity index (χ0v) is 11.1. The van der Waals surface area contributed by atoms with Crippen LogP contribution in [0.15, 0.2) is 24.3 Å². The number of amides is 2. The van der Waals surface area contributed by atoms with Crippen molar-refractivity contribution in [3.63, 3.8) is 0 Å². The molecule has 1 saturated heterocycles. The number of hydrogen-bond donors (Lipinski definition) is 1. The van der Waals surface area contributed by atoms with Gasteiger partial charge in [0.25, 0.3) is 0 Å². The monoisotopic (exact) mass is 258 g/mol. The van der Waals surface area contributed by atoms with Crippen molar-refractivity contribution in [2.45, 2.75) is 31.7 Å². The minimum Gasteiger partial charge on any atom is -0.305 e. The fourth-order valence-electron chi connectivity index (χ4n) is 3.00. The third kappa shape index (κ3) is 2.06. The summed E-state index contributed by atoms with van der Waals surface area (Å²) in [5.74, 6) is 0.355. The third-order valence-electron chi connectivity index (χ3n) is 4.13. The predicted octanol–water partition coefficient (Wildman–Crippen LogP) is 1.06. The average molecular weight is 258 g/mol. The van der Waals surface area contributed by atoms with Crippen LogP contribution in [0, 0.1) is 0 Å². The zero-order valence-electron chi connectivity index (χ0n) is 11.1. The maximum absolute atomic E-state index is 12.0. The van der Waals surface area contributed by atoms with Crippen LogP contribution in [-0.2, 0) is 16.0 Å². The van der Waals surface area contributed by atoms with Crippen molar-refractivity contribution in [1.29, 1.82) is 0 Å². The van der Waals surface area contributed by atoms with Crippen molar-refractivity contribution >= 4 is 11.8 Å². The van der Waals surface area contributed by atoms with Gasteiger partial charge in [-0.25, -0.2) is 0 Å². The number of carbonyl (C=O) groups is 2. The van der Waals surface area contributed by atoms with Crippen molar-refractivity contribution in [3.05, 3.63) is 35.4 Å². The first kappa shape index (κ1) is 12.4. The number of imide groups is 1. The van der Waals surface area contributed by atoms with Crippen LogP contribution in [0.25, 0.3) is 0 Å². The molecule has 4 heteroatoms. The fraction of sp³-hybridized carbons (Fsp3) is 0.467. The van der Waals surface area contributed by atoms with Gasteiger partial charge in [0.2, 0.25) is 11.8 Å². The second-order valence-electron chi connectivity index (χ2n) is 5.24. The molecule has 2 unspecified atom stereocenters. The predicted molar refractivity (Wildman–Crippen MR) is 71.7 cm³/mol. The molecule has 100 valence electrons. The number of likely N-dealkylation sites (tertiary alicyclic amines) is 1. The number of nitrogens with one attached hydrogen (secondary N) is 1. The Morgan fingerprint density at radius 2 is 2.05 bits per heavy atom. The van der Waals surface area contributed by atoms with Gasteiger partial charge < -0.3 is 5.32 Å². The molecule has 0 aromatic heterocycles. The molecule has 1 aliphatic heterocycles. The number of fused-ring (bicyclic) bond motifs is 1. The first-order valence-electron chi connectivity index (χ1n) is 6.86. The van der Waals surface area contributed by atoms with Gasteiger partial charge in [0, 0.05) is 19.0 Å². The van der Waals surface area contributed by atoms with Crippen molar-refractivity contribution in [1.82, 2.24) is 10.2 Å². The smallest absolute Gasteiger partial charge is 0.246 e. The topological polar surface area (TPSA) is 49.4 Å². The van der Waals surface area contributed by atoms with Gasteiger partial charge in [-0.2, -0.15) is 0 Å². The Kier molecular flexibility index (Phi) is 3.11. The molecule has 1 N–H and O–H groups in total. The number of hydrogen-bond acceptors (Lipinski definition) is 3. The Balaban J connectivity index is 1.58. The Hall–Kier alpha value is -1.68. The third-order valence-corrected chi connectivity index (χ3v) is 4.13. The molecule has 2 atom stereocenters. The number of nitrogens with zero attached hydrogens (tertiary/aromatic N) is 1. The van der Waals surface area contributed by atoms with E-state index in [9.17, 15) is 9.59 Å². The lowest BCUT2D eigenvalue weighted by Gasteiger charge is -2.31. The molecular formula is C15H18N2O2. The highest BCUT2D eigenvalue weighted by atomic mass is 16.2. The van der Waals surface area contributed by atoms with Gasteiger partial charge in [-0.05, 0) is 24.5 Å². The SMILES string of the molecule is CCN1C(=O)CC(NCC2Cc3ccccc32)C1=O. The van der Waals surface area contributed by atoms with Crippen LogP contribution >= 0.6 is 0 Å². The summed E-state index contributed by atoms with van der Waals surface area (Å²) in [5.41, 5.74) is 2.78. The molecule has 0 radical (unpaired) electrons. The van der Waals surface area contributed by atoms with E-state index in [0.717, 1.165) is 13.0 Å². The van der Waals surface area contributed by atoms with Crippen LogP contribution in [0.2, 0.25) is 0 Å². The molecule has 0 saturated carbocycles. The molecule has 1 aliphatic carbocycles. The lowest BCUT2D eigenvalue weighted by Crippen LogP contribution is -2.41. The van der Waals surface area contributed by atoms with E-state index in [1.165, 1.54) is 16.0 Å². The number of rotatable bonds is 4. The summed E-state index contributed by atoms with van der Waals surface area (Å²) >= 11 is 0. The van der Waals surface area contributed by atoms with Crippen LogP contribution in [0.4, 0.5) is 0 Å². The molecule has 1 heterocycles. The number of benzene rings is 1. The molecule has 1 aromatic rings. The van der Waals surface area contributed by atoms with Crippen LogP contribution in [0.3, 0.4) is 0 Å². The van der Waals surface area contributed by atoms with Crippen LogP contribution < -0.4 is 5.32 Å². The summed E-state index contributed by atoms with van der Waals surface area (Å²) in [4.78, 5) is 24.9. The summed E-state index contributed by atoms with van der Waals surface area (Å²) in [5, 5.41) is 3.26. The maximum atomic E-state index is 12.0. The molecule has 19 heavy (non-hydrogen) atoms. The second kappa shape index (κ2) is 4.78. The van der Waals surface area contributed by atoms with E-state index in [0.29, 0.717) is 18.9 Å². The van der Waals surface area contributed by atoms with E-state index in [1.807, 2.05) is 13.0 Å². The number of carbonyl (C=O) groups excluding carboxylic acids is 2. The lowest BCUT2D eigenvalue weighted by atomic mass is 9.77. The van der Waals surface area contributed by atoms with Gasteiger partial charge in [-0.3, -0.25) is 14.5 Å². The molecule has 4 nitrogen and oxygen atoms in total. The van der Waals surface area contributed by atoms with Gasteiger partial charge >= 0.3 is 0 Å². The average Bonchev–Trinajstić information content (AvgIpc) is 2.65. The molecule has 3 rings (SSSR count). The van der Waals surface area contributed by atoms with Gasteiger partial charge in [0.1, 0.15) is 0 Å². The second-order valence-corrected chi connectivity index (χ2v) is 5.24. The summed E-state index contributed by atoms with van der Waals surface area (Å²) in [6.45, 7) is 3.08. The Bertz CT molecular complexity index is 527. The van der Waals surface area contributed by atoms with Gasteiger partial charge in [0.05, 0.1) is 12.5 Å². The van der Waals surface area contributed by atoms with Crippen LogP contribution in [0.1, 0.15) is 30.4 Å². The summed E-state index contributed by atoms with van der Waals surface area (Å²) in [6, 6.07) is 8.08. The minimum atomic E-state index is -0.319. The van der Waals surface area contributed by atoms with Crippen molar-refractivity contribution in [3.8, 4) is 0 Å².